The molecule has 0 bridgehead atoms. The second-order valence-corrected chi connectivity index (χ2v) is 6.90. The zero-order valence-corrected chi connectivity index (χ0v) is 13.5. The number of aromatic carboxylic acids is 1. The van der Waals surface area contributed by atoms with E-state index in [9.17, 15) is 9.59 Å². The molecule has 1 amide bonds. The summed E-state index contributed by atoms with van der Waals surface area (Å²) >= 11 is 0. The Kier molecular flexibility index (Phi) is 5.22. The third kappa shape index (κ3) is 4.58. The lowest BCUT2D eigenvalue weighted by Crippen LogP contribution is -2.32. The molecule has 4 heteroatoms. The molecule has 0 spiro atoms. The van der Waals surface area contributed by atoms with E-state index in [0.717, 1.165) is 31.5 Å². The number of rotatable bonds is 4. The van der Waals surface area contributed by atoms with Crippen LogP contribution >= 0.6 is 0 Å². The smallest absolute Gasteiger partial charge is 0.335 e. The van der Waals surface area contributed by atoms with Crippen LogP contribution in [-0.4, -0.2) is 35.0 Å². The van der Waals surface area contributed by atoms with E-state index in [-0.39, 0.29) is 11.5 Å². The molecular weight excluding hydrogens is 278 g/mol. The van der Waals surface area contributed by atoms with Gasteiger partial charge in [0.15, 0.2) is 0 Å². The van der Waals surface area contributed by atoms with Crippen LogP contribution in [0.5, 0.6) is 0 Å². The van der Waals surface area contributed by atoms with E-state index in [0.29, 0.717) is 18.3 Å². The minimum Gasteiger partial charge on any atom is -0.478 e. The number of benzene rings is 1. The number of nitrogens with zero attached hydrogens (tertiary/aromatic N) is 1. The van der Waals surface area contributed by atoms with Crippen molar-refractivity contribution in [1.82, 2.24) is 4.90 Å². The zero-order valence-electron chi connectivity index (χ0n) is 13.5. The standard InChI is InChI=1S/C18H25NO3/c1-18(2)10-3-12-19(13-11-18)16(20)9-6-14-4-7-15(8-5-14)17(21)22/h4-5,7-8H,3,6,9-13H2,1-2H3,(H,21,22). The number of carboxylic acids is 1. The van der Waals surface area contributed by atoms with Crippen LogP contribution in [-0.2, 0) is 11.2 Å². The highest BCUT2D eigenvalue weighted by Gasteiger charge is 2.25. The molecule has 1 fully saturated rings. The van der Waals surface area contributed by atoms with Gasteiger partial charge in [0.1, 0.15) is 0 Å². The van der Waals surface area contributed by atoms with E-state index in [1.54, 1.807) is 24.3 Å². The van der Waals surface area contributed by atoms with Gasteiger partial charge in [0.2, 0.25) is 5.91 Å². The number of likely N-dealkylation sites (tertiary alicyclic amines) is 1. The minimum atomic E-state index is -0.921. The number of amides is 1. The summed E-state index contributed by atoms with van der Waals surface area (Å²) < 4.78 is 0. The van der Waals surface area contributed by atoms with Crippen LogP contribution in [0.1, 0.15) is 55.5 Å². The van der Waals surface area contributed by atoms with Gasteiger partial charge in [-0.2, -0.15) is 0 Å². The maximum atomic E-state index is 12.3. The number of carbonyl (C=O) groups is 2. The summed E-state index contributed by atoms with van der Waals surface area (Å²) in [6, 6.07) is 6.78. The van der Waals surface area contributed by atoms with Crippen molar-refractivity contribution >= 4 is 11.9 Å². The normalized spacial score (nSPS) is 17.8. The Hall–Kier alpha value is -1.84. The summed E-state index contributed by atoms with van der Waals surface area (Å²) in [5.41, 5.74) is 1.63. The molecule has 0 atom stereocenters. The quantitative estimate of drug-likeness (QED) is 0.928. The predicted octanol–water partition coefficient (Wildman–Crippen LogP) is 3.36. The fraction of sp³-hybridized carbons (Fsp3) is 0.556. The highest BCUT2D eigenvalue weighted by molar-refractivity contribution is 5.87. The first-order valence-corrected chi connectivity index (χ1v) is 7.97. The first kappa shape index (κ1) is 16.5. The van der Waals surface area contributed by atoms with Crippen molar-refractivity contribution in [3.8, 4) is 0 Å². The van der Waals surface area contributed by atoms with Crippen LogP contribution < -0.4 is 0 Å². The van der Waals surface area contributed by atoms with Crippen LogP contribution in [0.15, 0.2) is 24.3 Å². The van der Waals surface area contributed by atoms with Crippen LogP contribution in [0.3, 0.4) is 0 Å². The number of aryl methyl sites for hydroxylation is 1. The highest BCUT2D eigenvalue weighted by Crippen LogP contribution is 2.29. The van der Waals surface area contributed by atoms with Crippen molar-refractivity contribution in [3.05, 3.63) is 35.4 Å². The summed E-state index contributed by atoms with van der Waals surface area (Å²) in [6.45, 7) is 6.25. The van der Waals surface area contributed by atoms with E-state index in [4.69, 9.17) is 5.11 Å². The topological polar surface area (TPSA) is 57.6 Å². The fourth-order valence-electron chi connectivity index (χ4n) is 2.90. The molecule has 0 saturated carbocycles. The van der Waals surface area contributed by atoms with E-state index in [1.165, 1.54) is 6.42 Å². The zero-order chi connectivity index (χ0) is 16.2. The molecule has 0 aromatic heterocycles. The van der Waals surface area contributed by atoms with Crippen molar-refractivity contribution in [2.24, 2.45) is 5.41 Å². The van der Waals surface area contributed by atoms with Gasteiger partial charge in [-0.05, 0) is 48.8 Å². The summed E-state index contributed by atoms with van der Waals surface area (Å²) in [4.78, 5) is 25.1. The van der Waals surface area contributed by atoms with Crippen molar-refractivity contribution in [1.29, 1.82) is 0 Å². The molecule has 1 aliphatic heterocycles. The first-order valence-electron chi connectivity index (χ1n) is 7.97. The molecule has 4 nitrogen and oxygen atoms in total. The van der Waals surface area contributed by atoms with Crippen molar-refractivity contribution in [2.45, 2.75) is 46.0 Å². The molecule has 1 aromatic rings. The average molecular weight is 303 g/mol. The van der Waals surface area contributed by atoms with Gasteiger partial charge in [-0.1, -0.05) is 26.0 Å². The van der Waals surface area contributed by atoms with Gasteiger partial charge < -0.3 is 10.0 Å². The second kappa shape index (κ2) is 6.95. The molecule has 2 rings (SSSR count). The monoisotopic (exact) mass is 303 g/mol. The van der Waals surface area contributed by atoms with Gasteiger partial charge in [-0.3, -0.25) is 4.79 Å². The van der Waals surface area contributed by atoms with Crippen LogP contribution in [0.25, 0.3) is 0 Å². The van der Waals surface area contributed by atoms with Gasteiger partial charge in [0.05, 0.1) is 5.56 Å². The van der Waals surface area contributed by atoms with E-state index in [2.05, 4.69) is 13.8 Å². The van der Waals surface area contributed by atoms with E-state index in [1.807, 2.05) is 4.90 Å². The molecule has 1 heterocycles. The lowest BCUT2D eigenvalue weighted by atomic mass is 9.85. The van der Waals surface area contributed by atoms with Gasteiger partial charge in [-0.25, -0.2) is 4.79 Å². The molecule has 0 aliphatic carbocycles. The first-order chi connectivity index (χ1) is 10.4. The summed E-state index contributed by atoms with van der Waals surface area (Å²) in [5, 5.41) is 8.87. The Morgan fingerprint density at radius 3 is 2.45 bits per heavy atom. The van der Waals surface area contributed by atoms with E-state index >= 15 is 0 Å². The maximum absolute atomic E-state index is 12.3. The molecule has 1 aromatic carbocycles. The molecule has 1 aliphatic rings. The number of hydrogen-bond donors (Lipinski definition) is 1. The number of carbonyl (C=O) groups excluding carboxylic acids is 1. The lowest BCUT2D eigenvalue weighted by molar-refractivity contribution is -0.131. The number of carboxylic acid groups (broad SMARTS) is 1. The van der Waals surface area contributed by atoms with Crippen molar-refractivity contribution in [3.63, 3.8) is 0 Å². The average Bonchev–Trinajstić information content (AvgIpc) is 2.66. The Morgan fingerprint density at radius 1 is 1.14 bits per heavy atom. The van der Waals surface area contributed by atoms with Gasteiger partial charge in [-0.15, -0.1) is 0 Å². The van der Waals surface area contributed by atoms with Crippen molar-refractivity contribution in [2.75, 3.05) is 13.1 Å². The van der Waals surface area contributed by atoms with Gasteiger partial charge in [0, 0.05) is 19.5 Å². The molecular formula is C18H25NO3. The lowest BCUT2D eigenvalue weighted by Gasteiger charge is -2.23. The largest absolute Gasteiger partial charge is 0.478 e. The van der Waals surface area contributed by atoms with Crippen molar-refractivity contribution < 1.29 is 14.7 Å². The third-order valence-corrected chi connectivity index (χ3v) is 4.52. The fourth-order valence-corrected chi connectivity index (χ4v) is 2.90. The molecule has 0 unspecified atom stereocenters. The summed E-state index contributed by atoms with van der Waals surface area (Å²) in [6.07, 6.45) is 4.47. The van der Waals surface area contributed by atoms with Crippen LogP contribution in [0, 0.1) is 5.41 Å². The Bertz CT molecular complexity index is 534. The molecule has 0 radical (unpaired) electrons. The Balaban J connectivity index is 1.85. The van der Waals surface area contributed by atoms with Gasteiger partial charge in [0.25, 0.3) is 0 Å². The molecule has 1 N–H and O–H groups in total. The van der Waals surface area contributed by atoms with Crippen LogP contribution in [0.4, 0.5) is 0 Å². The van der Waals surface area contributed by atoms with Crippen LogP contribution in [0.2, 0.25) is 0 Å². The number of hydrogen-bond acceptors (Lipinski definition) is 2. The predicted molar refractivity (Wildman–Crippen MR) is 85.9 cm³/mol. The summed E-state index contributed by atoms with van der Waals surface area (Å²) in [7, 11) is 0. The summed E-state index contributed by atoms with van der Waals surface area (Å²) in [5.74, 6) is -0.713. The maximum Gasteiger partial charge on any atom is 0.335 e. The molecule has 22 heavy (non-hydrogen) atoms. The SMILES string of the molecule is CC1(C)CCCN(C(=O)CCc2ccc(C(=O)O)cc2)CC1. The third-order valence-electron chi connectivity index (χ3n) is 4.52. The minimum absolute atomic E-state index is 0.208. The Morgan fingerprint density at radius 2 is 1.82 bits per heavy atom. The van der Waals surface area contributed by atoms with Gasteiger partial charge >= 0.3 is 5.97 Å². The Labute approximate surface area is 132 Å². The second-order valence-electron chi connectivity index (χ2n) is 6.90. The van der Waals surface area contributed by atoms with E-state index < -0.39 is 5.97 Å². The molecule has 1 saturated heterocycles. The highest BCUT2D eigenvalue weighted by atomic mass is 16.4. The molecule has 120 valence electrons.